The van der Waals surface area contributed by atoms with Crippen LogP contribution in [0, 0.1) is 5.41 Å². The van der Waals surface area contributed by atoms with Gasteiger partial charge in [0.15, 0.2) is 0 Å². The molecule has 2 rings (SSSR count). The molecule has 6 heteroatoms. The number of hydrogen-bond donors (Lipinski definition) is 1. The number of carbonyl (C=O) groups excluding carboxylic acids is 2. The minimum atomic E-state index is -0.335. The van der Waals surface area contributed by atoms with E-state index in [1.807, 2.05) is 13.8 Å². The Morgan fingerprint density at radius 2 is 1.91 bits per heavy atom. The van der Waals surface area contributed by atoms with Gasteiger partial charge in [-0.2, -0.15) is 0 Å². The number of hydrogen-bond acceptors (Lipinski definition) is 4. The zero-order chi connectivity index (χ0) is 17.2. The fourth-order valence-electron chi connectivity index (χ4n) is 3.55. The molecule has 0 aromatic carbocycles. The van der Waals surface area contributed by atoms with Crippen LogP contribution in [0.3, 0.4) is 0 Å². The lowest BCUT2D eigenvalue weighted by Gasteiger charge is -2.39. The Kier molecular flexibility index (Phi) is 5.68. The number of likely N-dealkylation sites (tertiary alicyclic amines) is 1. The molecule has 0 saturated carbocycles. The predicted octanol–water partition coefficient (Wildman–Crippen LogP) is 1.21. The summed E-state index contributed by atoms with van der Waals surface area (Å²) in [5.74, 6) is 0.0283. The lowest BCUT2D eigenvalue weighted by atomic mass is 9.84. The highest BCUT2D eigenvalue weighted by Crippen LogP contribution is 2.30. The molecule has 6 nitrogen and oxygen atoms in total. The van der Waals surface area contributed by atoms with Crippen molar-refractivity contribution in [2.75, 3.05) is 26.4 Å². The molecule has 2 unspecified atom stereocenters. The fraction of sp³-hybridized carbons (Fsp3) is 0.882. The number of carbonyl (C=O) groups is 2. The molecular formula is C17H31N3O3. The van der Waals surface area contributed by atoms with E-state index in [0.717, 1.165) is 19.4 Å². The summed E-state index contributed by atoms with van der Waals surface area (Å²) in [6.07, 6.45) is 1.63. The molecule has 0 radical (unpaired) electrons. The van der Waals surface area contributed by atoms with Crippen LogP contribution in [0.4, 0.5) is 0 Å². The Morgan fingerprint density at radius 1 is 1.22 bits per heavy atom. The molecule has 2 fully saturated rings. The van der Waals surface area contributed by atoms with Gasteiger partial charge in [0.05, 0.1) is 19.4 Å². The standard InChI is InChI=1S/C17H31N3O3/c1-12(2)18-15(21)13-7-6-8-20(13)16(22)14(17(3,4)5)19-9-10-23-11-19/h12-14H,6-11H2,1-5H3,(H,18,21). The van der Waals surface area contributed by atoms with Gasteiger partial charge in [0.2, 0.25) is 11.8 Å². The van der Waals surface area contributed by atoms with Crippen LogP contribution in [0.5, 0.6) is 0 Å². The monoisotopic (exact) mass is 325 g/mol. The van der Waals surface area contributed by atoms with Crippen LogP contribution < -0.4 is 5.32 Å². The maximum atomic E-state index is 13.2. The molecule has 0 aliphatic carbocycles. The summed E-state index contributed by atoms with van der Waals surface area (Å²) in [5, 5.41) is 2.95. The van der Waals surface area contributed by atoms with E-state index in [1.54, 1.807) is 4.90 Å². The van der Waals surface area contributed by atoms with Crippen LogP contribution in [0.25, 0.3) is 0 Å². The SMILES string of the molecule is CC(C)NC(=O)C1CCCN1C(=O)C(N1CCOC1)C(C)(C)C. The highest BCUT2D eigenvalue weighted by molar-refractivity contribution is 5.90. The predicted molar refractivity (Wildman–Crippen MR) is 88.8 cm³/mol. The molecule has 2 aliphatic heterocycles. The minimum Gasteiger partial charge on any atom is -0.365 e. The van der Waals surface area contributed by atoms with Gasteiger partial charge in [-0.15, -0.1) is 0 Å². The summed E-state index contributed by atoms with van der Waals surface area (Å²) >= 11 is 0. The van der Waals surface area contributed by atoms with Crippen LogP contribution in [-0.4, -0.2) is 66.2 Å². The van der Waals surface area contributed by atoms with Gasteiger partial charge in [0.1, 0.15) is 6.04 Å². The summed E-state index contributed by atoms with van der Waals surface area (Å²) < 4.78 is 5.45. The molecule has 2 heterocycles. The van der Waals surface area contributed by atoms with E-state index in [-0.39, 0.29) is 35.4 Å². The van der Waals surface area contributed by atoms with Gasteiger partial charge >= 0.3 is 0 Å². The highest BCUT2D eigenvalue weighted by Gasteiger charge is 2.44. The third-order valence-corrected chi connectivity index (χ3v) is 4.47. The summed E-state index contributed by atoms with van der Waals surface area (Å²) in [7, 11) is 0. The van der Waals surface area contributed by atoms with Crippen molar-refractivity contribution in [2.45, 2.75) is 65.6 Å². The second-order valence-corrected chi connectivity index (χ2v) is 7.97. The second kappa shape index (κ2) is 7.18. The van der Waals surface area contributed by atoms with Crippen molar-refractivity contribution >= 4 is 11.8 Å². The first-order valence-electron chi connectivity index (χ1n) is 8.64. The van der Waals surface area contributed by atoms with Crippen LogP contribution in [-0.2, 0) is 14.3 Å². The number of nitrogens with zero attached hydrogens (tertiary/aromatic N) is 2. The quantitative estimate of drug-likeness (QED) is 0.844. The van der Waals surface area contributed by atoms with Gasteiger partial charge in [-0.25, -0.2) is 0 Å². The molecule has 1 N–H and O–H groups in total. The van der Waals surface area contributed by atoms with Crippen LogP contribution in [0.1, 0.15) is 47.5 Å². The largest absolute Gasteiger partial charge is 0.365 e. The minimum absolute atomic E-state index is 0.0313. The number of rotatable bonds is 4. The number of ether oxygens (including phenoxy) is 1. The van der Waals surface area contributed by atoms with E-state index < -0.39 is 0 Å². The molecule has 2 amide bonds. The Balaban J connectivity index is 2.16. The van der Waals surface area contributed by atoms with E-state index >= 15 is 0 Å². The first kappa shape index (κ1) is 18.2. The zero-order valence-electron chi connectivity index (χ0n) is 15.1. The molecule has 0 spiro atoms. The van der Waals surface area contributed by atoms with Crippen LogP contribution in [0.15, 0.2) is 0 Å². The topological polar surface area (TPSA) is 61.9 Å². The average molecular weight is 325 g/mol. The Bertz CT molecular complexity index is 439. The van der Waals surface area contributed by atoms with Gasteiger partial charge in [0.25, 0.3) is 0 Å². The van der Waals surface area contributed by atoms with E-state index in [1.165, 1.54) is 0 Å². The zero-order valence-corrected chi connectivity index (χ0v) is 15.1. The van der Waals surface area contributed by atoms with E-state index in [2.05, 4.69) is 31.0 Å². The van der Waals surface area contributed by atoms with Crippen LogP contribution >= 0.6 is 0 Å². The molecule has 2 aliphatic rings. The number of amides is 2. The molecule has 0 aromatic heterocycles. The fourth-order valence-corrected chi connectivity index (χ4v) is 3.55. The number of nitrogens with one attached hydrogen (secondary N) is 1. The Hall–Kier alpha value is -1.14. The molecule has 2 atom stereocenters. The van der Waals surface area contributed by atoms with Gasteiger partial charge in [-0.05, 0) is 32.1 Å². The van der Waals surface area contributed by atoms with Crippen molar-refractivity contribution in [1.29, 1.82) is 0 Å². The van der Waals surface area contributed by atoms with Crippen molar-refractivity contribution in [3.63, 3.8) is 0 Å². The van der Waals surface area contributed by atoms with Crippen LogP contribution in [0.2, 0.25) is 0 Å². The maximum Gasteiger partial charge on any atom is 0.243 e. The normalized spacial score (nSPS) is 24.3. The van der Waals surface area contributed by atoms with Gasteiger partial charge < -0.3 is 15.0 Å². The molecule has 23 heavy (non-hydrogen) atoms. The molecule has 2 saturated heterocycles. The van der Waals surface area contributed by atoms with Crippen molar-refractivity contribution in [3.8, 4) is 0 Å². The summed E-state index contributed by atoms with van der Waals surface area (Å²) in [6, 6.07) is -0.499. The second-order valence-electron chi connectivity index (χ2n) is 7.97. The lowest BCUT2D eigenvalue weighted by molar-refractivity contribution is -0.146. The van der Waals surface area contributed by atoms with E-state index in [4.69, 9.17) is 4.74 Å². The Morgan fingerprint density at radius 3 is 2.43 bits per heavy atom. The first-order chi connectivity index (χ1) is 10.7. The third kappa shape index (κ3) is 4.23. The van der Waals surface area contributed by atoms with Crippen molar-refractivity contribution in [2.24, 2.45) is 5.41 Å². The van der Waals surface area contributed by atoms with Crippen molar-refractivity contribution < 1.29 is 14.3 Å². The molecule has 0 bridgehead atoms. The van der Waals surface area contributed by atoms with Gasteiger partial charge in [-0.1, -0.05) is 20.8 Å². The summed E-state index contributed by atoms with van der Waals surface area (Å²) in [6.45, 7) is 12.7. The maximum absolute atomic E-state index is 13.2. The van der Waals surface area contributed by atoms with Crippen molar-refractivity contribution in [3.05, 3.63) is 0 Å². The summed E-state index contributed by atoms with van der Waals surface area (Å²) in [4.78, 5) is 29.5. The smallest absolute Gasteiger partial charge is 0.243 e. The average Bonchev–Trinajstić information content (AvgIpc) is 3.07. The van der Waals surface area contributed by atoms with E-state index in [9.17, 15) is 9.59 Å². The Labute approximate surface area is 139 Å². The molecule has 0 aromatic rings. The lowest BCUT2D eigenvalue weighted by Crippen LogP contribution is -2.57. The molecule has 132 valence electrons. The third-order valence-electron chi connectivity index (χ3n) is 4.47. The van der Waals surface area contributed by atoms with Gasteiger partial charge in [0, 0.05) is 19.1 Å². The first-order valence-corrected chi connectivity index (χ1v) is 8.64. The van der Waals surface area contributed by atoms with Gasteiger partial charge in [-0.3, -0.25) is 14.5 Å². The van der Waals surface area contributed by atoms with Crippen molar-refractivity contribution in [1.82, 2.24) is 15.1 Å². The molecular weight excluding hydrogens is 294 g/mol. The highest BCUT2D eigenvalue weighted by atomic mass is 16.5. The summed E-state index contributed by atoms with van der Waals surface area (Å²) in [5.41, 5.74) is -0.202. The van der Waals surface area contributed by atoms with E-state index in [0.29, 0.717) is 19.9 Å².